The minimum absolute atomic E-state index is 0.145. The lowest BCUT2D eigenvalue weighted by molar-refractivity contribution is 0.0945. The van der Waals surface area contributed by atoms with Crippen LogP contribution in [-0.2, 0) is 6.54 Å². The number of pyridine rings is 1. The Bertz CT molecular complexity index is 687. The van der Waals surface area contributed by atoms with E-state index in [4.69, 9.17) is 0 Å². The highest BCUT2D eigenvalue weighted by atomic mass is 16.2. The highest BCUT2D eigenvalue weighted by Crippen LogP contribution is 2.03. The average molecular weight is 288 g/mol. The molecule has 112 valence electrons. The van der Waals surface area contributed by atoms with E-state index in [2.05, 4.69) is 15.3 Å². The second-order valence-corrected chi connectivity index (χ2v) is 5.33. The lowest BCUT2D eigenvalue weighted by Gasteiger charge is -2.14. The van der Waals surface area contributed by atoms with Gasteiger partial charge in [0.05, 0.1) is 0 Å². The SMILES string of the molecule is Cc1ccc(C(=O)NC[C@H](C)Cn2ccnc2C)c(=O)[nH]1. The fraction of sp³-hybridized carbons (Fsp3) is 0.400. The molecule has 6 nitrogen and oxygen atoms in total. The van der Waals surface area contributed by atoms with Crippen LogP contribution in [0.1, 0.15) is 28.8 Å². The zero-order valence-corrected chi connectivity index (χ0v) is 12.5. The molecule has 0 saturated heterocycles. The summed E-state index contributed by atoms with van der Waals surface area (Å²) in [6, 6.07) is 3.27. The summed E-state index contributed by atoms with van der Waals surface area (Å²) >= 11 is 0. The van der Waals surface area contributed by atoms with Gasteiger partial charge in [0.2, 0.25) is 0 Å². The summed E-state index contributed by atoms with van der Waals surface area (Å²) in [5.41, 5.74) is 0.526. The topological polar surface area (TPSA) is 79.8 Å². The molecule has 1 atom stereocenters. The molecule has 2 aromatic rings. The van der Waals surface area contributed by atoms with E-state index in [1.54, 1.807) is 25.3 Å². The van der Waals surface area contributed by atoms with Crippen molar-refractivity contribution in [2.24, 2.45) is 5.92 Å². The van der Waals surface area contributed by atoms with Crippen LogP contribution in [0.25, 0.3) is 0 Å². The third-order valence-corrected chi connectivity index (χ3v) is 3.34. The first-order valence-electron chi connectivity index (χ1n) is 6.93. The van der Waals surface area contributed by atoms with E-state index in [1.807, 2.05) is 24.6 Å². The van der Waals surface area contributed by atoms with Crippen LogP contribution in [0, 0.1) is 19.8 Å². The number of amides is 1. The van der Waals surface area contributed by atoms with Gasteiger partial charge in [-0.05, 0) is 31.9 Å². The van der Waals surface area contributed by atoms with Crippen molar-refractivity contribution < 1.29 is 4.79 Å². The molecular formula is C15H20N4O2. The molecule has 0 aliphatic heterocycles. The summed E-state index contributed by atoms with van der Waals surface area (Å²) in [6.07, 6.45) is 3.67. The summed E-state index contributed by atoms with van der Waals surface area (Å²) in [7, 11) is 0. The Hall–Kier alpha value is -2.37. The van der Waals surface area contributed by atoms with E-state index in [0.29, 0.717) is 6.54 Å². The van der Waals surface area contributed by atoms with E-state index in [0.717, 1.165) is 18.1 Å². The zero-order chi connectivity index (χ0) is 15.4. The number of imidazole rings is 1. The predicted octanol–water partition coefficient (Wildman–Crippen LogP) is 1.25. The van der Waals surface area contributed by atoms with Gasteiger partial charge in [0, 0.05) is 31.2 Å². The number of hydrogen-bond donors (Lipinski definition) is 2. The van der Waals surface area contributed by atoms with Gasteiger partial charge in [-0.1, -0.05) is 6.92 Å². The van der Waals surface area contributed by atoms with Gasteiger partial charge in [-0.2, -0.15) is 0 Å². The maximum absolute atomic E-state index is 12.0. The van der Waals surface area contributed by atoms with Crippen LogP contribution in [0.15, 0.2) is 29.3 Å². The van der Waals surface area contributed by atoms with Gasteiger partial charge in [-0.3, -0.25) is 9.59 Å². The molecule has 0 unspecified atom stereocenters. The van der Waals surface area contributed by atoms with Crippen molar-refractivity contribution in [3.63, 3.8) is 0 Å². The average Bonchev–Trinajstić information content (AvgIpc) is 2.81. The number of aromatic nitrogens is 3. The van der Waals surface area contributed by atoms with E-state index in [1.165, 1.54) is 0 Å². The Morgan fingerprint density at radius 3 is 2.81 bits per heavy atom. The van der Waals surface area contributed by atoms with Crippen molar-refractivity contribution in [1.29, 1.82) is 0 Å². The molecule has 21 heavy (non-hydrogen) atoms. The summed E-state index contributed by atoms with van der Waals surface area (Å²) in [5.74, 6) is 0.847. The molecule has 2 N–H and O–H groups in total. The number of rotatable bonds is 5. The first kappa shape index (κ1) is 15.0. The van der Waals surface area contributed by atoms with Crippen LogP contribution in [0.4, 0.5) is 0 Å². The van der Waals surface area contributed by atoms with Crippen molar-refractivity contribution in [3.05, 3.63) is 52.0 Å². The lowest BCUT2D eigenvalue weighted by atomic mass is 10.1. The Labute approximate surface area is 123 Å². The Morgan fingerprint density at radius 1 is 1.43 bits per heavy atom. The molecule has 0 aliphatic carbocycles. The zero-order valence-electron chi connectivity index (χ0n) is 12.5. The number of hydrogen-bond acceptors (Lipinski definition) is 3. The number of aryl methyl sites for hydroxylation is 2. The molecule has 2 rings (SSSR count). The monoisotopic (exact) mass is 288 g/mol. The van der Waals surface area contributed by atoms with Crippen LogP contribution >= 0.6 is 0 Å². The Morgan fingerprint density at radius 2 is 2.19 bits per heavy atom. The van der Waals surface area contributed by atoms with Crippen molar-refractivity contribution in [2.45, 2.75) is 27.3 Å². The van der Waals surface area contributed by atoms with Crippen molar-refractivity contribution >= 4 is 5.91 Å². The molecule has 0 radical (unpaired) electrons. The molecule has 0 bridgehead atoms. The number of carbonyl (C=O) groups excluding carboxylic acids is 1. The molecule has 1 amide bonds. The normalized spacial score (nSPS) is 12.1. The fourth-order valence-corrected chi connectivity index (χ4v) is 2.11. The third kappa shape index (κ3) is 3.81. The van der Waals surface area contributed by atoms with Crippen LogP contribution in [0.2, 0.25) is 0 Å². The molecule has 0 saturated carbocycles. The van der Waals surface area contributed by atoms with E-state index < -0.39 is 0 Å². The number of nitrogens with one attached hydrogen (secondary N) is 2. The van der Waals surface area contributed by atoms with Gasteiger partial charge >= 0.3 is 0 Å². The summed E-state index contributed by atoms with van der Waals surface area (Å²) in [6.45, 7) is 7.04. The molecule has 0 aromatic carbocycles. The summed E-state index contributed by atoms with van der Waals surface area (Å²) in [5, 5.41) is 2.80. The number of H-pyrrole nitrogens is 1. The van der Waals surface area contributed by atoms with E-state index in [-0.39, 0.29) is 22.9 Å². The maximum Gasteiger partial charge on any atom is 0.260 e. The number of carbonyl (C=O) groups is 1. The number of nitrogens with zero attached hydrogens (tertiary/aromatic N) is 2. The van der Waals surface area contributed by atoms with Crippen molar-refractivity contribution in [3.8, 4) is 0 Å². The molecule has 2 heterocycles. The first-order chi connectivity index (χ1) is 9.97. The minimum atomic E-state index is -0.356. The maximum atomic E-state index is 12.0. The first-order valence-corrected chi connectivity index (χ1v) is 6.93. The molecule has 0 spiro atoms. The fourth-order valence-electron chi connectivity index (χ4n) is 2.11. The number of aromatic amines is 1. The minimum Gasteiger partial charge on any atom is -0.352 e. The van der Waals surface area contributed by atoms with Gasteiger partial charge in [0.15, 0.2) is 0 Å². The highest BCUT2D eigenvalue weighted by molar-refractivity contribution is 5.93. The van der Waals surface area contributed by atoms with Crippen LogP contribution < -0.4 is 10.9 Å². The highest BCUT2D eigenvalue weighted by Gasteiger charge is 2.12. The second kappa shape index (κ2) is 6.39. The Kier molecular flexibility index (Phi) is 4.57. The molecule has 2 aromatic heterocycles. The molecule has 0 fully saturated rings. The van der Waals surface area contributed by atoms with Gasteiger partial charge in [0.25, 0.3) is 11.5 Å². The quantitative estimate of drug-likeness (QED) is 0.869. The Balaban J connectivity index is 1.92. The molecule has 6 heteroatoms. The predicted molar refractivity (Wildman–Crippen MR) is 80.3 cm³/mol. The van der Waals surface area contributed by atoms with Crippen LogP contribution in [-0.4, -0.2) is 27.0 Å². The summed E-state index contributed by atoms with van der Waals surface area (Å²) < 4.78 is 2.04. The molecule has 0 aliphatic rings. The standard InChI is InChI=1S/C15H20N4O2/c1-10(9-19-7-6-16-12(19)3)8-17-14(20)13-5-4-11(2)18-15(13)21/h4-7,10H,8-9H2,1-3H3,(H,17,20)(H,18,21)/t10-/m0/s1. The molecular weight excluding hydrogens is 268 g/mol. The van der Waals surface area contributed by atoms with E-state index in [9.17, 15) is 9.59 Å². The van der Waals surface area contributed by atoms with Crippen molar-refractivity contribution in [1.82, 2.24) is 19.9 Å². The largest absolute Gasteiger partial charge is 0.352 e. The van der Waals surface area contributed by atoms with Gasteiger partial charge < -0.3 is 14.9 Å². The van der Waals surface area contributed by atoms with Gasteiger partial charge in [-0.25, -0.2) is 4.98 Å². The van der Waals surface area contributed by atoms with Gasteiger partial charge in [-0.15, -0.1) is 0 Å². The van der Waals surface area contributed by atoms with Crippen molar-refractivity contribution in [2.75, 3.05) is 6.54 Å². The third-order valence-electron chi connectivity index (χ3n) is 3.34. The second-order valence-electron chi connectivity index (χ2n) is 5.33. The van der Waals surface area contributed by atoms with Crippen LogP contribution in [0.3, 0.4) is 0 Å². The van der Waals surface area contributed by atoms with Crippen LogP contribution in [0.5, 0.6) is 0 Å². The van der Waals surface area contributed by atoms with Gasteiger partial charge in [0.1, 0.15) is 11.4 Å². The smallest absolute Gasteiger partial charge is 0.260 e. The van der Waals surface area contributed by atoms with E-state index >= 15 is 0 Å². The lowest BCUT2D eigenvalue weighted by Crippen LogP contribution is -2.33. The summed E-state index contributed by atoms with van der Waals surface area (Å²) in [4.78, 5) is 30.5.